The van der Waals surface area contributed by atoms with Gasteiger partial charge in [-0.1, -0.05) is 0 Å². The third kappa shape index (κ3) is 3.59. The minimum atomic E-state index is -0.356. The van der Waals surface area contributed by atoms with E-state index in [-0.39, 0.29) is 18.3 Å². The van der Waals surface area contributed by atoms with Crippen LogP contribution in [0.5, 0.6) is 0 Å². The molecule has 5 rings (SSSR count). The number of rotatable bonds is 5. The normalized spacial score (nSPS) is 14.1. The molecule has 1 aliphatic rings. The second-order valence-electron chi connectivity index (χ2n) is 7.95. The Balaban J connectivity index is 1.32. The molecule has 1 amide bonds. The van der Waals surface area contributed by atoms with Crippen LogP contribution < -0.4 is 5.32 Å². The number of carbonyl (C=O) groups excluding carboxylic acids is 1. The van der Waals surface area contributed by atoms with Crippen LogP contribution in [0.2, 0.25) is 0 Å². The predicted octanol–water partition coefficient (Wildman–Crippen LogP) is 3.01. The van der Waals surface area contributed by atoms with E-state index in [1.165, 1.54) is 11.8 Å². The average Bonchev–Trinajstić information content (AvgIpc) is 3.47. The zero-order chi connectivity index (χ0) is 22.4. The molecule has 0 aliphatic carbocycles. The van der Waals surface area contributed by atoms with Gasteiger partial charge in [-0.05, 0) is 43.1 Å². The Bertz CT molecular complexity index is 1320. The number of amides is 1. The third-order valence-corrected chi connectivity index (χ3v) is 7.21. The molecular formula is C22H24FN7OS. The quantitative estimate of drug-likeness (QED) is 0.471. The number of hydrogen-bond acceptors (Lipinski definition) is 5. The van der Waals surface area contributed by atoms with Crippen LogP contribution in [0, 0.1) is 12.7 Å². The van der Waals surface area contributed by atoms with E-state index in [4.69, 9.17) is 0 Å². The summed E-state index contributed by atoms with van der Waals surface area (Å²) >= 11 is 1.65. The summed E-state index contributed by atoms with van der Waals surface area (Å²) < 4.78 is 22.3. The van der Waals surface area contributed by atoms with Crippen molar-refractivity contribution in [1.29, 1.82) is 0 Å². The maximum Gasteiger partial charge on any atom is 0.268 e. The van der Waals surface area contributed by atoms with E-state index in [1.54, 1.807) is 35.9 Å². The first-order valence-electron chi connectivity index (χ1n) is 10.4. The van der Waals surface area contributed by atoms with E-state index in [0.29, 0.717) is 16.8 Å². The number of carbonyl (C=O) groups is 1. The molecule has 1 aliphatic heterocycles. The van der Waals surface area contributed by atoms with Gasteiger partial charge in [-0.25, -0.2) is 8.70 Å². The predicted molar refractivity (Wildman–Crippen MR) is 120 cm³/mol. The van der Waals surface area contributed by atoms with Crippen molar-refractivity contribution in [1.82, 2.24) is 33.8 Å². The number of nitrogens with zero attached hydrogens (tertiary/aromatic N) is 6. The van der Waals surface area contributed by atoms with Gasteiger partial charge >= 0.3 is 0 Å². The molecule has 1 N–H and O–H groups in total. The first-order chi connectivity index (χ1) is 15.4. The highest BCUT2D eigenvalue weighted by atomic mass is 32.2. The highest BCUT2D eigenvalue weighted by Crippen LogP contribution is 2.31. The summed E-state index contributed by atoms with van der Waals surface area (Å²) in [6, 6.07) is 7.05. The van der Waals surface area contributed by atoms with Crippen LogP contribution in [-0.2, 0) is 33.7 Å². The first-order valence-corrected chi connectivity index (χ1v) is 11.2. The van der Waals surface area contributed by atoms with E-state index in [2.05, 4.69) is 19.8 Å². The van der Waals surface area contributed by atoms with E-state index in [1.807, 2.05) is 41.5 Å². The Labute approximate surface area is 189 Å². The van der Waals surface area contributed by atoms with Crippen LogP contribution >= 0.6 is 11.9 Å². The highest BCUT2D eigenvalue weighted by molar-refractivity contribution is 7.97. The minimum absolute atomic E-state index is 0.0877. The smallest absolute Gasteiger partial charge is 0.268 e. The molecule has 0 saturated carbocycles. The van der Waals surface area contributed by atoms with Gasteiger partial charge in [0.1, 0.15) is 11.5 Å². The zero-order valence-corrected chi connectivity index (χ0v) is 19.0. The topological polar surface area (TPSA) is 72.9 Å². The molecule has 4 heterocycles. The Kier molecular flexibility index (Phi) is 5.26. The lowest BCUT2D eigenvalue weighted by Crippen LogP contribution is -2.28. The van der Waals surface area contributed by atoms with Gasteiger partial charge in [0.05, 0.1) is 30.5 Å². The SMILES string of the molecule is Cc1c(SN2CCn3nccc3C2)cc(C(=O)NCc2c(F)ccc3cnn(C)c23)n1C. The molecule has 4 aromatic rings. The maximum absolute atomic E-state index is 14.5. The molecule has 8 nitrogen and oxygen atoms in total. The molecule has 0 bridgehead atoms. The molecule has 0 radical (unpaired) electrons. The fraction of sp³-hybridized carbons (Fsp3) is 0.318. The van der Waals surface area contributed by atoms with Crippen molar-refractivity contribution in [2.75, 3.05) is 6.54 Å². The second-order valence-corrected chi connectivity index (χ2v) is 9.09. The summed E-state index contributed by atoms with van der Waals surface area (Å²) in [5, 5.41) is 12.2. The van der Waals surface area contributed by atoms with Crippen LogP contribution in [0.3, 0.4) is 0 Å². The fourth-order valence-electron chi connectivity index (χ4n) is 4.11. The van der Waals surface area contributed by atoms with Crippen LogP contribution in [-0.4, -0.2) is 40.9 Å². The summed E-state index contributed by atoms with van der Waals surface area (Å²) in [6.07, 6.45) is 3.52. The summed E-state index contributed by atoms with van der Waals surface area (Å²) in [4.78, 5) is 14.0. The van der Waals surface area contributed by atoms with Crippen molar-refractivity contribution in [3.63, 3.8) is 0 Å². The number of aryl methyl sites for hydroxylation is 1. The molecule has 0 saturated heterocycles. The number of benzene rings is 1. The molecule has 10 heteroatoms. The van der Waals surface area contributed by atoms with Crippen molar-refractivity contribution in [3.05, 3.63) is 65.1 Å². The summed E-state index contributed by atoms with van der Waals surface area (Å²) in [7, 11) is 3.65. The number of nitrogens with one attached hydrogen (secondary N) is 1. The van der Waals surface area contributed by atoms with E-state index in [9.17, 15) is 9.18 Å². The Hall–Kier alpha value is -3.11. The molecule has 1 aromatic carbocycles. The molecule has 3 aromatic heterocycles. The zero-order valence-electron chi connectivity index (χ0n) is 18.2. The van der Waals surface area contributed by atoms with Gasteiger partial charge < -0.3 is 9.88 Å². The van der Waals surface area contributed by atoms with Crippen LogP contribution in [0.4, 0.5) is 4.39 Å². The van der Waals surface area contributed by atoms with Crippen molar-refractivity contribution in [3.8, 4) is 0 Å². The van der Waals surface area contributed by atoms with Gasteiger partial charge in [-0.15, -0.1) is 0 Å². The lowest BCUT2D eigenvalue weighted by Gasteiger charge is -2.26. The Morgan fingerprint density at radius 1 is 1.22 bits per heavy atom. The number of fused-ring (bicyclic) bond motifs is 2. The number of halogens is 1. The van der Waals surface area contributed by atoms with Crippen molar-refractivity contribution in [2.24, 2.45) is 14.1 Å². The second kappa shape index (κ2) is 8.10. The molecule has 0 fully saturated rings. The summed E-state index contributed by atoms with van der Waals surface area (Å²) in [5.74, 6) is -0.595. The van der Waals surface area contributed by atoms with Crippen LogP contribution in [0.1, 0.15) is 27.4 Å². The Morgan fingerprint density at radius 2 is 2.06 bits per heavy atom. The molecule has 0 atom stereocenters. The summed E-state index contributed by atoms with van der Waals surface area (Å²) in [6.45, 7) is 4.62. The maximum atomic E-state index is 14.5. The lowest BCUT2D eigenvalue weighted by atomic mass is 10.1. The number of aromatic nitrogens is 5. The van der Waals surface area contributed by atoms with E-state index < -0.39 is 0 Å². The van der Waals surface area contributed by atoms with Gasteiger partial charge in [-0.3, -0.25) is 14.2 Å². The molecule has 32 heavy (non-hydrogen) atoms. The number of hydrogen-bond donors (Lipinski definition) is 1. The van der Waals surface area contributed by atoms with Crippen LogP contribution in [0.25, 0.3) is 10.9 Å². The standard InChI is InChI=1S/C22H24FN7OS/c1-14-20(32-29-8-9-30-16(13-29)6-7-25-30)10-19(27(14)2)22(31)24-12-17-18(23)5-4-15-11-26-28(3)21(15)17/h4-7,10-11H,8-9,12-13H2,1-3H3,(H,24,31). The average molecular weight is 454 g/mol. The lowest BCUT2D eigenvalue weighted by molar-refractivity contribution is 0.0942. The van der Waals surface area contributed by atoms with E-state index >= 15 is 0 Å². The van der Waals surface area contributed by atoms with Gasteiger partial charge in [0, 0.05) is 54.9 Å². The largest absolute Gasteiger partial charge is 0.346 e. The molecule has 0 spiro atoms. The van der Waals surface area contributed by atoms with Crippen molar-refractivity contribution < 1.29 is 9.18 Å². The van der Waals surface area contributed by atoms with E-state index in [0.717, 1.165) is 35.6 Å². The Morgan fingerprint density at radius 3 is 2.91 bits per heavy atom. The third-order valence-electron chi connectivity index (χ3n) is 6.03. The highest BCUT2D eigenvalue weighted by Gasteiger charge is 2.22. The first kappa shape index (κ1) is 20.8. The molecule has 0 unspecified atom stereocenters. The van der Waals surface area contributed by atoms with Gasteiger partial charge in [0.2, 0.25) is 0 Å². The molecule has 166 valence electrons. The van der Waals surface area contributed by atoms with Gasteiger partial charge in [0.25, 0.3) is 5.91 Å². The van der Waals surface area contributed by atoms with Gasteiger partial charge in [0.15, 0.2) is 0 Å². The fourth-order valence-corrected chi connectivity index (χ4v) is 5.19. The minimum Gasteiger partial charge on any atom is -0.346 e. The molecular weight excluding hydrogens is 429 g/mol. The van der Waals surface area contributed by atoms with Crippen molar-refractivity contribution >= 4 is 28.8 Å². The van der Waals surface area contributed by atoms with Crippen molar-refractivity contribution in [2.45, 2.75) is 31.5 Å². The summed E-state index contributed by atoms with van der Waals surface area (Å²) in [5.41, 5.74) is 3.86. The van der Waals surface area contributed by atoms with Crippen LogP contribution in [0.15, 0.2) is 41.6 Å². The van der Waals surface area contributed by atoms with Gasteiger partial charge in [-0.2, -0.15) is 10.2 Å². The monoisotopic (exact) mass is 453 g/mol.